The van der Waals surface area contributed by atoms with Crippen LogP contribution in [0.25, 0.3) is 5.69 Å². The molecule has 0 unspecified atom stereocenters. The van der Waals surface area contributed by atoms with E-state index in [0.29, 0.717) is 11.5 Å². The van der Waals surface area contributed by atoms with Crippen LogP contribution in [0.1, 0.15) is 21.8 Å². The van der Waals surface area contributed by atoms with Crippen LogP contribution in [0.15, 0.2) is 53.3 Å². The minimum absolute atomic E-state index is 0.226. The quantitative estimate of drug-likeness (QED) is 0.672. The van der Waals surface area contributed by atoms with Crippen LogP contribution in [-0.4, -0.2) is 20.8 Å². The Morgan fingerprint density at radius 3 is 2.68 bits per heavy atom. The summed E-state index contributed by atoms with van der Waals surface area (Å²) >= 11 is 0. The van der Waals surface area contributed by atoms with Gasteiger partial charge in [-0.25, -0.2) is 4.68 Å². The van der Waals surface area contributed by atoms with Gasteiger partial charge in [0, 0.05) is 0 Å². The molecule has 0 saturated heterocycles. The van der Waals surface area contributed by atoms with Gasteiger partial charge in [0.2, 0.25) is 5.78 Å². The van der Waals surface area contributed by atoms with Crippen LogP contribution in [0.5, 0.6) is 0 Å². The van der Waals surface area contributed by atoms with E-state index in [0.717, 1.165) is 11.3 Å². The molecule has 0 aliphatic carbocycles. The number of nitrogens with zero attached hydrogens (tertiary/aromatic N) is 3. The summed E-state index contributed by atoms with van der Waals surface area (Å²) in [6.07, 6.45) is 2.94. The highest BCUT2D eigenvalue weighted by atomic mass is 16.3. The van der Waals surface area contributed by atoms with Gasteiger partial charge in [-0.2, -0.15) is 0 Å². The van der Waals surface area contributed by atoms with E-state index in [2.05, 4.69) is 10.3 Å². The van der Waals surface area contributed by atoms with Crippen LogP contribution < -0.4 is 0 Å². The third-order valence-electron chi connectivity index (χ3n) is 2.85. The van der Waals surface area contributed by atoms with Gasteiger partial charge in [0.1, 0.15) is 5.69 Å². The summed E-state index contributed by atoms with van der Waals surface area (Å²) in [6, 6.07) is 11.1. The summed E-state index contributed by atoms with van der Waals surface area (Å²) in [7, 11) is 0. The molecule has 0 N–H and O–H groups in total. The second kappa shape index (κ2) is 4.53. The van der Waals surface area contributed by atoms with Gasteiger partial charge < -0.3 is 4.42 Å². The number of carbonyl (C=O) groups excluding carboxylic acids is 1. The molecular weight excluding hydrogens is 242 g/mol. The van der Waals surface area contributed by atoms with E-state index in [-0.39, 0.29) is 5.78 Å². The fourth-order valence-corrected chi connectivity index (χ4v) is 1.87. The Hall–Kier alpha value is -2.69. The molecule has 1 aromatic carbocycles. The number of para-hydroxylation sites is 1. The minimum atomic E-state index is -0.226. The number of ketones is 1. The minimum Gasteiger partial charge on any atom is -0.461 e. The fraction of sp³-hybridized carbons (Fsp3) is 0.0714. The smallest absolute Gasteiger partial charge is 0.248 e. The summed E-state index contributed by atoms with van der Waals surface area (Å²) in [5.41, 5.74) is 1.96. The Balaban J connectivity index is 2.06. The van der Waals surface area contributed by atoms with Gasteiger partial charge in [-0.3, -0.25) is 4.79 Å². The molecule has 3 aromatic rings. The SMILES string of the molecule is Cc1ccoc1C(=O)c1cnnn1-c1ccccc1. The normalized spacial score (nSPS) is 10.6. The lowest BCUT2D eigenvalue weighted by Crippen LogP contribution is -2.10. The van der Waals surface area contributed by atoms with E-state index >= 15 is 0 Å². The molecule has 0 spiro atoms. The first kappa shape index (κ1) is 11.4. The maximum atomic E-state index is 12.4. The molecule has 0 aliphatic heterocycles. The van der Waals surface area contributed by atoms with Crippen LogP contribution in [0.4, 0.5) is 0 Å². The number of benzene rings is 1. The zero-order valence-corrected chi connectivity index (χ0v) is 10.3. The van der Waals surface area contributed by atoms with Crippen molar-refractivity contribution >= 4 is 5.78 Å². The molecule has 0 aliphatic rings. The number of furan rings is 1. The van der Waals surface area contributed by atoms with Crippen molar-refractivity contribution in [3.63, 3.8) is 0 Å². The molecule has 0 bridgehead atoms. The first-order chi connectivity index (χ1) is 9.27. The number of aryl methyl sites for hydroxylation is 1. The molecule has 94 valence electrons. The molecular formula is C14H11N3O2. The Kier molecular flexibility index (Phi) is 2.72. The Morgan fingerprint density at radius 2 is 2.00 bits per heavy atom. The average Bonchev–Trinajstić information content (AvgIpc) is 3.07. The standard InChI is InChI=1S/C14H11N3O2/c1-10-7-8-19-14(10)13(18)12-9-15-16-17(12)11-5-3-2-4-6-11/h2-9H,1H3. The van der Waals surface area contributed by atoms with Crippen molar-refractivity contribution in [2.24, 2.45) is 0 Å². The third kappa shape index (κ3) is 1.95. The molecule has 2 heterocycles. The van der Waals surface area contributed by atoms with Crippen molar-refractivity contribution in [3.8, 4) is 5.69 Å². The van der Waals surface area contributed by atoms with Gasteiger partial charge in [0.25, 0.3) is 0 Å². The van der Waals surface area contributed by atoms with E-state index in [1.54, 1.807) is 6.07 Å². The van der Waals surface area contributed by atoms with Crippen LogP contribution in [0.2, 0.25) is 0 Å². The predicted molar refractivity (Wildman–Crippen MR) is 68.2 cm³/mol. The number of hydrogen-bond donors (Lipinski definition) is 0. The van der Waals surface area contributed by atoms with Gasteiger partial charge >= 0.3 is 0 Å². The zero-order chi connectivity index (χ0) is 13.2. The molecule has 5 nitrogen and oxygen atoms in total. The molecule has 2 aromatic heterocycles. The van der Waals surface area contributed by atoms with Gasteiger partial charge in [-0.1, -0.05) is 23.4 Å². The Labute approximate surface area is 109 Å². The fourth-order valence-electron chi connectivity index (χ4n) is 1.87. The van der Waals surface area contributed by atoms with Crippen LogP contribution in [0.3, 0.4) is 0 Å². The molecule has 0 saturated carbocycles. The topological polar surface area (TPSA) is 60.9 Å². The van der Waals surface area contributed by atoms with Crippen molar-refractivity contribution in [1.29, 1.82) is 0 Å². The summed E-state index contributed by atoms with van der Waals surface area (Å²) in [4.78, 5) is 12.4. The molecule has 0 radical (unpaired) electrons. The first-order valence-electron chi connectivity index (χ1n) is 5.82. The van der Waals surface area contributed by atoms with Crippen molar-refractivity contribution in [3.05, 3.63) is 65.9 Å². The number of hydrogen-bond acceptors (Lipinski definition) is 4. The summed E-state index contributed by atoms with van der Waals surface area (Å²) in [6.45, 7) is 1.83. The molecule has 0 fully saturated rings. The van der Waals surface area contributed by atoms with E-state index < -0.39 is 0 Å². The van der Waals surface area contributed by atoms with Gasteiger partial charge in [0.05, 0.1) is 18.1 Å². The summed E-state index contributed by atoms with van der Waals surface area (Å²) in [5.74, 6) is 0.0934. The van der Waals surface area contributed by atoms with E-state index in [1.807, 2.05) is 37.3 Å². The first-order valence-corrected chi connectivity index (χ1v) is 5.82. The lowest BCUT2D eigenvalue weighted by atomic mass is 10.1. The number of rotatable bonds is 3. The Morgan fingerprint density at radius 1 is 1.21 bits per heavy atom. The molecule has 0 amide bonds. The van der Waals surface area contributed by atoms with E-state index in [9.17, 15) is 4.79 Å². The van der Waals surface area contributed by atoms with E-state index in [1.165, 1.54) is 17.1 Å². The average molecular weight is 253 g/mol. The van der Waals surface area contributed by atoms with Crippen molar-refractivity contribution < 1.29 is 9.21 Å². The summed E-state index contributed by atoms with van der Waals surface area (Å²) in [5, 5.41) is 7.76. The highest BCUT2D eigenvalue weighted by Crippen LogP contribution is 2.16. The lowest BCUT2D eigenvalue weighted by molar-refractivity contribution is 0.100. The van der Waals surface area contributed by atoms with E-state index in [4.69, 9.17) is 4.42 Å². The van der Waals surface area contributed by atoms with Crippen molar-refractivity contribution in [1.82, 2.24) is 15.0 Å². The van der Waals surface area contributed by atoms with Crippen LogP contribution in [0, 0.1) is 6.92 Å². The maximum Gasteiger partial charge on any atom is 0.248 e. The molecule has 3 rings (SSSR count). The monoisotopic (exact) mass is 253 g/mol. The maximum absolute atomic E-state index is 12.4. The third-order valence-corrected chi connectivity index (χ3v) is 2.85. The number of aromatic nitrogens is 3. The van der Waals surface area contributed by atoms with Crippen LogP contribution >= 0.6 is 0 Å². The predicted octanol–water partition coefficient (Wildman–Crippen LogP) is 2.40. The molecule has 5 heteroatoms. The van der Waals surface area contributed by atoms with Crippen molar-refractivity contribution in [2.75, 3.05) is 0 Å². The second-order valence-corrected chi connectivity index (χ2v) is 4.13. The molecule has 19 heavy (non-hydrogen) atoms. The van der Waals surface area contributed by atoms with Crippen LogP contribution in [-0.2, 0) is 0 Å². The largest absolute Gasteiger partial charge is 0.461 e. The second-order valence-electron chi connectivity index (χ2n) is 4.13. The highest BCUT2D eigenvalue weighted by Gasteiger charge is 2.20. The highest BCUT2D eigenvalue weighted by molar-refractivity contribution is 6.06. The van der Waals surface area contributed by atoms with Gasteiger partial charge in [-0.05, 0) is 30.7 Å². The van der Waals surface area contributed by atoms with Gasteiger partial charge in [0.15, 0.2) is 5.76 Å². The van der Waals surface area contributed by atoms with Gasteiger partial charge in [-0.15, -0.1) is 5.10 Å². The number of carbonyl (C=O) groups is 1. The summed E-state index contributed by atoms with van der Waals surface area (Å²) < 4.78 is 6.73. The molecule has 0 atom stereocenters. The Bertz CT molecular complexity index is 713. The lowest BCUT2D eigenvalue weighted by Gasteiger charge is -2.04. The zero-order valence-electron chi connectivity index (χ0n) is 10.3. The van der Waals surface area contributed by atoms with Crippen molar-refractivity contribution in [2.45, 2.75) is 6.92 Å².